The number of aromatic nitrogens is 1. The maximum absolute atomic E-state index is 12.5. The van der Waals surface area contributed by atoms with Gasteiger partial charge in [-0.05, 0) is 12.1 Å². The van der Waals surface area contributed by atoms with Crippen LogP contribution in [0, 0.1) is 0 Å². The predicted molar refractivity (Wildman–Crippen MR) is 81.8 cm³/mol. The smallest absolute Gasteiger partial charge is 0.276 e. The van der Waals surface area contributed by atoms with Crippen LogP contribution in [0.3, 0.4) is 0 Å². The van der Waals surface area contributed by atoms with Crippen LogP contribution in [-0.4, -0.2) is 54.3 Å². The van der Waals surface area contributed by atoms with Gasteiger partial charge in [-0.2, -0.15) is 0 Å². The summed E-state index contributed by atoms with van der Waals surface area (Å²) < 4.78 is 10.2. The number of carbonyl (C=O) groups is 1. The second-order valence-corrected chi connectivity index (χ2v) is 5.21. The molecule has 0 aliphatic heterocycles. The number of ether oxygens (including phenoxy) is 1. The van der Waals surface area contributed by atoms with Gasteiger partial charge in [-0.3, -0.25) is 4.79 Å². The van der Waals surface area contributed by atoms with Gasteiger partial charge in [0.25, 0.3) is 5.91 Å². The fourth-order valence-electron chi connectivity index (χ4n) is 2.06. The highest BCUT2D eigenvalue weighted by molar-refractivity contribution is 6.33. The van der Waals surface area contributed by atoms with E-state index in [2.05, 4.69) is 4.98 Å². The number of likely N-dealkylation sites (N-methyl/N-ethyl adjacent to an activating group) is 1. The fraction of sp³-hybridized carbons (Fsp3) is 0.333. The first-order valence-electron chi connectivity index (χ1n) is 6.65. The van der Waals surface area contributed by atoms with Crippen molar-refractivity contribution in [1.82, 2.24) is 9.88 Å². The number of benzene rings is 1. The number of oxazole rings is 1. The SMILES string of the molecule is COC[C@H](O)CN(C)C(=O)c1ncoc1-c1ccccc1Cl. The highest BCUT2D eigenvalue weighted by Gasteiger charge is 2.24. The maximum atomic E-state index is 12.5. The summed E-state index contributed by atoms with van der Waals surface area (Å²) in [5.74, 6) is -0.0532. The first kappa shape index (κ1) is 16.5. The third-order valence-electron chi connectivity index (χ3n) is 3.08. The van der Waals surface area contributed by atoms with Crippen LogP contribution in [0.15, 0.2) is 35.1 Å². The van der Waals surface area contributed by atoms with Crippen molar-refractivity contribution in [3.05, 3.63) is 41.4 Å². The number of carbonyl (C=O) groups excluding carboxylic acids is 1. The van der Waals surface area contributed by atoms with E-state index in [-0.39, 0.29) is 24.8 Å². The van der Waals surface area contributed by atoms with Crippen molar-refractivity contribution in [2.75, 3.05) is 27.3 Å². The second kappa shape index (κ2) is 7.40. The number of halogens is 1. The molecule has 1 heterocycles. The van der Waals surface area contributed by atoms with Crippen LogP contribution >= 0.6 is 11.6 Å². The van der Waals surface area contributed by atoms with Crippen LogP contribution in [0.4, 0.5) is 0 Å². The van der Waals surface area contributed by atoms with E-state index in [0.29, 0.717) is 16.3 Å². The van der Waals surface area contributed by atoms with Crippen molar-refractivity contribution >= 4 is 17.5 Å². The number of aliphatic hydroxyl groups is 1. The van der Waals surface area contributed by atoms with Gasteiger partial charge in [0.2, 0.25) is 0 Å². The summed E-state index contributed by atoms with van der Waals surface area (Å²) in [4.78, 5) is 17.8. The molecule has 6 nitrogen and oxygen atoms in total. The van der Waals surface area contributed by atoms with E-state index < -0.39 is 6.10 Å². The number of hydrogen-bond donors (Lipinski definition) is 1. The molecule has 0 saturated heterocycles. The van der Waals surface area contributed by atoms with E-state index >= 15 is 0 Å². The van der Waals surface area contributed by atoms with Crippen LogP contribution in [-0.2, 0) is 4.74 Å². The van der Waals surface area contributed by atoms with E-state index in [9.17, 15) is 9.90 Å². The summed E-state index contributed by atoms with van der Waals surface area (Å²) in [6.45, 7) is 0.273. The number of methoxy groups -OCH3 is 1. The Morgan fingerprint density at radius 1 is 1.50 bits per heavy atom. The molecule has 0 aliphatic rings. The van der Waals surface area contributed by atoms with Crippen molar-refractivity contribution in [1.29, 1.82) is 0 Å². The molecule has 22 heavy (non-hydrogen) atoms. The Morgan fingerprint density at radius 2 is 2.23 bits per heavy atom. The molecule has 1 amide bonds. The molecule has 1 N–H and O–H groups in total. The number of rotatable bonds is 6. The van der Waals surface area contributed by atoms with Crippen LogP contribution < -0.4 is 0 Å². The number of nitrogens with zero attached hydrogens (tertiary/aromatic N) is 2. The fourth-order valence-corrected chi connectivity index (χ4v) is 2.28. The Kier molecular flexibility index (Phi) is 5.54. The zero-order valence-electron chi connectivity index (χ0n) is 12.3. The normalized spacial score (nSPS) is 12.2. The molecular weight excluding hydrogens is 308 g/mol. The Balaban J connectivity index is 2.22. The molecule has 0 aliphatic carbocycles. The lowest BCUT2D eigenvalue weighted by Crippen LogP contribution is -2.36. The van der Waals surface area contributed by atoms with Gasteiger partial charge in [0, 0.05) is 26.3 Å². The number of amides is 1. The molecule has 0 fully saturated rings. The molecule has 2 aromatic rings. The zero-order valence-corrected chi connectivity index (χ0v) is 13.1. The van der Waals surface area contributed by atoms with Gasteiger partial charge in [-0.25, -0.2) is 4.98 Å². The van der Waals surface area contributed by atoms with Crippen molar-refractivity contribution in [3.8, 4) is 11.3 Å². The number of hydrogen-bond acceptors (Lipinski definition) is 5. The Hall–Kier alpha value is -1.89. The van der Waals surface area contributed by atoms with E-state index in [1.54, 1.807) is 31.3 Å². The predicted octanol–water partition coefficient (Wildman–Crippen LogP) is 2.07. The molecule has 0 bridgehead atoms. The van der Waals surface area contributed by atoms with Crippen LogP contribution in [0.5, 0.6) is 0 Å². The van der Waals surface area contributed by atoms with Gasteiger partial charge in [0.05, 0.1) is 17.7 Å². The molecule has 118 valence electrons. The summed E-state index contributed by atoms with van der Waals surface area (Å²) in [7, 11) is 3.06. The average molecular weight is 325 g/mol. The molecular formula is C15H17ClN2O4. The molecule has 1 aromatic carbocycles. The van der Waals surface area contributed by atoms with Crippen LogP contribution in [0.2, 0.25) is 5.02 Å². The molecule has 1 atom stereocenters. The molecule has 0 radical (unpaired) electrons. The molecule has 0 unspecified atom stereocenters. The highest BCUT2D eigenvalue weighted by Crippen LogP contribution is 2.30. The van der Waals surface area contributed by atoms with Gasteiger partial charge in [0.15, 0.2) is 17.8 Å². The van der Waals surface area contributed by atoms with Crippen molar-refractivity contribution < 1.29 is 19.1 Å². The molecule has 0 saturated carbocycles. The second-order valence-electron chi connectivity index (χ2n) is 4.80. The van der Waals surface area contributed by atoms with Crippen LogP contribution in [0.25, 0.3) is 11.3 Å². The lowest BCUT2D eigenvalue weighted by Gasteiger charge is -2.19. The first-order chi connectivity index (χ1) is 10.5. The zero-order chi connectivity index (χ0) is 16.1. The molecule has 0 spiro atoms. The molecule has 7 heteroatoms. The Bertz CT molecular complexity index is 644. The first-order valence-corrected chi connectivity index (χ1v) is 7.03. The van der Waals surface area contributed by atoms with Gasteiger partial charge in [-0.15, -0.1) is 0 Å². The van der Waals surface area contributed by atoms with E-state index in [1.165, 1.54) is 18.4 Å². The monoisotopic (exact) mass is 324 g/mol. The van der Waals surface area contributed by atoms with E-state index in [0.717, 1.165) is 0 Å². The van der Waals surface area contributed by atoms with Gasteiger partial charge in [0.1, 0.15) is 0 Å². The van der Waals surface area contributed by atoms with E-state index in [1.807, 2.05) is 0 Å². The van der Waals surface area contributed by atoms with Crippen molar-refractivity contribution in [3.63, 3.8) is 0 Å². The summed E-state index contributed by atoms with van der Waals surface area (Å²) >= 11 is 6.13. The highest BCUT2D eigenvalue weighted by atomic mass is 35.5. The van der Waals surface area contributed by atoms with E-state index in [4.69, 9.17) is 20.8 Å². The standard InChI is InChI=1S/C15H17ClN2O4/c1-18(7-10(19)8-21-2)15(20)13-14(22-9-17-13)11-5-3-4-6-12(11)16/h3-6,9-10,19H,7-8H2,1-2H3/t10-/m1/s1. The minimum absolute atomic E-state index is 0.126. The minimum Gasteiger partial charge on any atom is -0.443 e. The summed E-state index contributed by atoms with van der Waals surface area (Å²) in [5, 5.41) is 10.2. The quantitative estimate of drug-likeness (QED) is 0.880. The summed E-state index contributed by atoms with van der Waals surface area (Å²) in [6, 6.07) is 7.04. The Labute approximate surface area is 133 Å². The van der Waals surface area contributed by atoms with Gasteiger partial charge in [-0.1, -0.05) is 23.7 Å². The lowest BCUT2D eigenvalue weighted by molar-refractivity contribution is 0.0378. The Morgan fingerprint density at radius 3 is 2.91 bits per heavy atom. The molecule has 2 rings (SSSR count). The van der Waals surface area contributed by atoms with Gasteiger partial charge >= 0.3 is 0 Å². The van der Waals surface area contributed by atoms with Gasteiger partial charge < -0.3 is 19.2 Å². The van der Waals surface area contributed by atoms with Crippen molar-refractivity contribution in [2.45, 2.75) is 6.10 Å². The van der Waals surface area contributed by atoms with Crippen molar-refractivity contribution in [2.24, 2.45) is 0 Å². The maximum Gasteiger partial charge on any atom is 0.276 e. The third-order valence-corrected chi connectivity index (χ3v) is 3.41. The van der Waals surface area contributed by atoms with Crippen LogP contribution in [0.1, 0.15) is 10.5 Å². The largest absolute Gasteiger partial charge is 0.443 e. The third kappa shape index (κ3) is 3.65. The topological polar surface area (TPSA) is 75.8 Å². The molecule has 1 aromatic heterocycles. The lowest BCUT2D eigenvalue weighted by atomic mass is 10.1. The summed E-state index contributed by atoms with van der Waals surface area (Å²) in [6.07, 6.45) is 0.431. The summed E-state index contributed by atoms with van der Waals surface area (Å²) in [5.41, 5.74) is 0.746. The average Bonchev–Trinajstić information content (AvgIpc) is 2.96. The minimum atomic E-state index is -0.769. The number of aliphatic hydroxyl groups excluding tert-OH is 1.